The molecule has 2 N–H and O–H groups in total. The van der Waals surface area contributed by atoms with Crippen LogP contribution in [0.1, 0.15) is 40.5 Å². The van der Waals surface area contributed by atoms with Gasteiger partial charge in [0.1, 0.15) is 0 Å². The van der Waals surface area contributed by atoms with Crippen molar-refractivity contribution in [2.45, 2.75) is 46.6 Å². The van der Waals surface area contributed by atoms with Gasteiger partial charge < -0.3 is 20.1 Å². The van der Waals surface area contributed by atoms with E-state index in [2.05, 4.69) is 36.4 Å². The largest absolute Gasteiger partial charge is 0.382 e. The Balaban J connectivity index is 3.68. The zero-order valence-corrected chi connectivity index (χ0v) is 13.0. The SMILES string of the molecule is CCNC(=NCCCOCC)NCCCOC(C)C. The Bertz CT molecular complexity index is 221. The molecule has 0 saturated carbocycles. The number of guanidine groups is 1. The molecule has 0 aromatic rings. The first-order valence-corrected chi connectivity index (χ1v) is 7.42. The van der Waals surface area contributed by atoms with Crippen LogP contribution in [-0.4, -0.2) is 51.5 Å². The second-order valence-corrected chi connectivity index (χ2v) is 4.51. The average Bonchev–Trinajstić information content (AvgIpc) is 2.37. The van der Waals surface area contributed by atoms with Gasteiger partial charge in [-0.1, -0.05) is 0 Å². The molecule has 0 rings (SSSR count). The Labute approximate surface area is 118 Å². The number of hydrogen-bond donors (Lipinski definition) is 2. The summed E-state index contributed by atoms with van der Waals surface area (Å²) in [6, 6.07) is 0. The van der Waals surface area contributed by atoms with E-state index in [4.69, 9.17) is 9.47 Å². The summed E-state index contributed by atoms with van der Waals surface area (Å²) < 4.78 is 10.8. The summed E-state index contributed by atoms with van der Waals surface area (Å²) in [5.74, 6) is 0.878. The van der Waals surface area contributed by atoms with Crippen LogP contribution in [0.5, 0.6) is 0 Å². The van der Waals surface area contributed by atoms with Crippen molar-refractivity contribution in [3.05, 3.63) is 0 Å². The maximum atomic E-state index is 5.49. The zero-order valence-electron chi connectivity index (χ0n) is 13.0. The monoisotopic (exact) mass is 273 g/mol. The van der Waals surface area contributed by atoms with Crippen molar-refractivity contribution in [2.75, 3.05) is 39.5 Å². The maximum Gasteiger partial charge on any atom is 0.191 e. The highest BCUT2D eigenvalue weighted by Gasteiger charge is 1.97. The highest BCUT2D eigenvalue weighted by atomic mass is 16.5. The fourth-order valence-electron chi connectivity index (χ4n) is 1.44. The predicted octanol–water partition coefficient (Wildman–Crippen LogP) is 1.78. The van der Waals surface area contributed by atoms with Crippen LogP contribution in [0.25, 0.3) is 0 Å². The Morgan fingerprint density at radius 1 is 1.11 bits per heavy atom. The van der Waals surface area contributed by atoms with Gasteiger partial charge in [0.15, 0.2) is 5.96 Å². The van der Waals surface area contributed by atoms with E-state index in [1.807, 2.05) is 6.92 Å². The Kier molecular flexibility index (Phi) is 13.0. The van der Waals surface area contributed by atoms with Crippen molar-refractivity contribution in [1.82, 2.24) is 10.6 Å². The minimum atomic E-state index is 0.306. The lowest BCUT2D eigenvalue weighted by Gasteiger charge is -2.12. The molecule has 0 radical (unpaired) electrons. The summed E-state index contributed by atoms with van der Waals surface area (Å²) >= 11 is 0. The lowest BCUT2D eigenvalue weighted by Crippen LogP contribution is -2.38. The Morgan fingerprint density at radius 3 is 2.53 bits per heavy atom. The van der Waals surface area contributed by atoms with Gasteiger partial charge in [-0.05, 0) is 40.5 Å². The third-order valence-corrected chi connectivity index (χ3v) is 2.33. The highest BCUT2D eigenvalue weighted by molar-refractivity contribution is 5.79. The van der Waals surface area contributed by atoms with E-state index >= 15 is 0 Å². The molecule has 0 aliphatic heterocycles. The standard InChI is InChI=1S/C14H31N3O2/c1-5-15-14(16-9-7-11-18-6-2)17-10-8-12-19-13(3)4/h13H,5-12H2,1-4H3,(H2,15,16,17). The topological polar surface area (TPSA) is 54.9 Å². The molecule has 0 spiro atoms. The van der Waals surface area contributed by atoms with Crippen molar-refractivity contribution in [3.63, 3.8) is 0 Å². The lowest BCUT2D eigenvalue weighted by molar-refractivity contribution is 0.0776. The van der Waals surface area contributed by atoms with Crippen LogP contribution in [0, 0.1) is 0 Å². The fourth-order valence-corrected chi connectivity index (χ4v) is 1.44. The molecule has 114 valence electrons. The van der Waals surface area contributed by atoms with Crippen molar-refractivity contribution in [2.24, 2.45) is 4.99 Å². The second kappa shape index (κ2) is 13.6. The number of hydrogen-bond acceptors (Lipinski definition) is 3. The molecule has 5 nitrogen and oxygen atoms in total. The summed E-state index contributed by atoms with van der Waals surface area (Å²) in [7, 11) is 0. The summed E-state index contributed by atoms with van der Waals surface area (Å²) in [5.41, 5.74) is 0. The summed E-state index contributed by atoms with van der Waals surface area (Å²) in [4.78, 5) is 4.49. The first kappa shape index (κ1) is 18.2. The molecule has 0 atom stereocenters. The fraction of sp³-hybridized carbons (Fsp3) is 0.929. The van der Waals surface area contributed by atoms with Crippen molar-refractivity contribution in [3.8, 4) is 0 Å². The molecule has 0 amide bonds. The Morgan fingerprint density at radius 2 is 1.89 bits per heavy atom. The van der Waals surface area contributed by atoms with Crippen molar-refractivity contribution in [1.29, 1.82) is 0 Å². The highest BCUT2D eigenvalue weighted by Crippen LogP contribution is 1.89. The van der Waals surface area contributed by atoms with E-state index < -0.39 is 0 Å². The van der Waals surface area contributed by atoms with Crippen LogP contribution in [0.2, 0.25) is 0 Å². The average molecular weight is 273 g/mol. The van der Waals surface area contributed by atoms with E-state index in [1.54, 1.807) is 0 Å². The van der Waals surface area contributed by atoms with Gasteiger partial charge in [-0.25, -0.2) is 0 Å². The summed E-state index contributed by atoms with van der Waals surface area (Å²) in [6.45, 7) is 13.1. The van der Waals surface area contributed by atoms with Gasteiger partial charge >= 0.3 is 0 Å². The number of rotatable bonds is 11. The van der Waals surface area contributed by atoms with E-state index in [0.29, 0.717) is 6.10 Å². The maximum absolute atomic E-state index is 5.49. The van der Waals surface area contributed by atoms with Gasteiger partial charge in [-0.3, -0.25) is 4.99 Å². The number of ether oxygens (including phenoxy) is 2. The lowest BCUT2D eigenvalue weighted by atomic mass is 10.4. The first-order chi connectivity index (χ1) is 9.20. The smallest absolute Gasteiger partial charge is 0.191 e. The number of aliphatic imine (C=N–C) groups is 1. The summed E-state index contributed by atoms with van der Waals surface area (Å²) in [6.07, 6.45) is 2.25. The molecule has 0 aromatic heterocycles. The Hall–Kier alpha value is -0.810. The van der Waals surface area contributed by atoms with Crippen LogP contribution in [-0.2, 0) is 9.47 Å². The molecule has 0 aliphatic rings. The third-order valence-electron chi connectivity index (χ3n) is 2.33. The van der Waals surface area contributed by atoms with Crippen molar-refractivity contribution < 1.29 is 9.47 Å². The quantitative estimate of drug-likeness (QED) is 0.342. The number of nitrogens with one attached hydrogen (secondary N) is 2. The third kappa shape index (κ3) is 13.4. The normalized spacial score (nSPS) is 11.9. The van der Waals surface area contributed by atoms with Crippen LogP contribution in [0.3, 0.4) is 0 Å². The van der Waals surface area contributed by atoms with E-state index in [9.17, 15) is 0 Å². The van der Waals surface area contributed by atoms with Crippen LogP contribution < -0.4 is 10.6 Å². The van der Waals surface area contributed by atoms with Crippen LogP contribution >= 0.6 is 0 Å². The van der Waals surface area contributed by atoms with Gasteiger partial charge in [-0.15, -0.1) is 0 Å². The molecule has 0 fully saturated rings. The second-order valence-electron chi connectivity index (χ2n) is 4.51. The van der Waals surface area contributed by atoms with Gasteiger partial charge in [0.2, 0.25) is 0 Å². The summed E-state index contributed by atoms with van der Waals surface area (Å²) in [5, 5.41) is 6.53. The predicted molar refractivity (Wildman–Crippen MR) is 80.8 cm³/mol. The van der Waals surface area contributed by atoms with Gasteiger partial charge in [0.05, 0.1) is 6.10 Å². The van der Waals surface area contributed by atoms with Gasteiger partial charge in [0.25, 0.3) is 0 Å². The molecule has 0 aliphatic carbocycles. The molecule has 0 aromatic carbocycles. The molecular weight excluding hydrogens is 242 g/mol. The minimum absolute atomic E-state index is 0.306. The number of nitrogens with zero attached hydrogens (tertiary/aromatic N) is 1. The van der Waals surface area contributed by atoms with E-state index in [0.717, 1.165) is 58.3 Å². The molecule has 0 heterocycles. The molecule has 19 heavy (non-hydrogen) atoms. The van der Waals surface area contributed by atoms with E-state index in [1.165, 1.54) is 0 Å². The van der Waals surface area contributed by atoms with Crippen LogP contribution in [0.4, 0.5) is 0 Å². The zero-order chi connectivity index (χ0) is 14.3. The van der Waals surface area contributed by atoms with Crippen molar-refractivity contribution >= 4 is 5.96 Å². The van der Waals surface area contributed by atoms with E-state index in [-0.39, 0.29) is 0 Å². The minimum Gasteiger partial charge on any atom is -0.382 e. The molecule has 5 heteroatoms. The van der Waals surface area contributed by atoms with Gasteiger partial charge in [-0.2, -0.15) is 0 Å². The molecule has 0 unspecified atom stereocenters. The van der Waals surface area contributed by atoms with Gasteiger partial charge in [0, 0.05) is 39.5 Å². The molecular formula is C14H31N3O2. The van der Waals surface area contributed by atoms with Crippen LogP contribution in [0.15, 0.2) is 4.99 Å². The molecule has 0 saturated heterocycles. The molecule has 0 bridgehead atoms. The first-order valence-electron chi connectivity index (χ1n) is 7.42.